The zero-order valence-corrected chi connectivity index (χ0v) is 8.46. The van der Waals surface area contributed by atoms with E-state index < -0.39 is 0 Å². The molecule has 2 atom stereocenters. The van der Waals surface area contributed by atoms with E-state index in [1.54, 1.807) is 0 Å². The lowest BCUT2D eigenvalue weighted by Crippen LogP contribution is -2.40. The molecule has 13 heavy (non-hydrogen) atoms. The number of carbonyl (C=O) groups is 1. The first-order valence-electron chi connectivity index (χ1n) is 5.60. The highest BCUT2D eigenvalue weighted by molar-refractivity contribution is 5.78. The van der Waals surface area contributed by atoms with Crippen molar-refractivity contribution in [2.45, 2.75) is 51.5 Å². The van der Waals surface area contributed by atoms with Crippen molar-refractivity contribution >= 4 is 5.91 Å². The summed E-state index contributed by atoms with van der Waals surface area (Å²) >= 11 is 0. The van der Waals surface area contributed by atoms with Crippen molar-refractivity contribution in [3.63, 3.8) is 0 Å². The van der Waals surface area contributed by atoms with E-state index in [1.165, 1.54) is 25.7 Å². The fourth-order valence-electron chi connectivity index (χ4n) is 2.84. The van der Waals surface area contributed by atoms with Crippen LogP contribution in [0.25, 0.3) is 0 Å². The average molecular weight is 181 g/mol. The SMILES string of the molecule is CCCC1CCN2C(=O)CCC2C1. The topological polar surface area (TPSA) is 20.3 Å². The fourth-order valence-corrected chi connectivity index (χ4v) is 2.84. The number of rotatable bonds is 2. The second-order valence-electron chi connectivity index (χ2n) is 4.46. The quantitative estimate of drug-likeness (QED) is 0.639. The second kappa shape index (κ2) is 3.69. The van der Waals surface area contributed by atoms with Gasteiger partial charge in [0.1, 0.15) is 0 Å². The predicted molar refractivity (Wildman–Crippen MR) is 52.4 cm³/mol. The summed E-state index contributed by atoms with van der Waals surface area (Å²) < 4.78 is 0. The van der Waals surface area contributed by atoms with Gasteiger partial charge in [-0.15, -0.1) is 0 Å². The molecule has 0 bridgehead atoms. The average Bonchev–Trinajstić information content (AvgIpc) is 2.48. The van der Waals surface area contributed by atoms with E-state index in [0.29, 0.717) is 11.9 Å². The zero-order chi connectivity index (χ0) is 9.26. The molecule has 2 rings (SSSR count). The smallest absolute Gasteiger partial charge is 0.222 e. The van der Waals surface area contributed by atoms with Crippen LogP contribution in [0, 0.1) is 5.92 Å². The van der Waals surface area contributed by atoms with E-state index in [9.17, 15) is 4.79 Å². The van der Waals surface area contributed by atoms with Gasteiger partial charge in [-0.2, -0.15) is 0 Å². The summed E-state index contributed by atoms with van der Waals surface area (Å²) in [5.41, 5.74) is 0. The number of hydrogen-bond acceptors (Lipinski definition) is 1. The van der Waals surface area contributed by atoms with Crippen LogP contribution in [0.15, 0.2) is 0 Å². The summed E-state index contributed by atoms with van der Waals surface area (Å²) in [4.78, 5) is 13.5. The van der Waals surface area contributed by atoms with Crippen LogP contribution >= 0.6 is 0 Å². The maximum Gasteiger partial charge on any atom is 0.222 e. The molecule has 2 saturated heterocycles. The molecule has 2 aliphatic rings. The van der Waals surface area contributed by atoms with Crippen molar-refractivity contribution in [1.82, 2.24) is 4.90 Å². The molecule has 0 aromatic carbocycles. The van der Waals surface area contributed by atoms with Gasteiger partial charge < -0.3 is 4.90 Å². The van der Waals surface area contributed by atoms with Gasteiger partial charge in [0.05, 0.1) is 0 Å². The number of carbonyl (C=O) groups excluding carboxylic acids is 1. The molecule has 0 aliphatic carbocycles. The maximum absolute atomic E-state index is 11.4. The number of piperidine rings is 1. The van der Waals surface area contributed by atoms with Gasteiger partial charge in [0.2, 0.25) is 5.91 Å². The number of amides is 1. The molecule has 0 aromatic heterocycles. The van der Waals surface area contributed by atoms with Crippen LogP contribution in [0.4, 0.5) is 0 Å². The Morgan fingerprint density at radius 2 is 2.31 bits per heavy atom. The minimum absolute atomic E-state index is 0.403. The van der Waals surface area contributed by atoms with Gasteiger partial charge in [0.25, 0.3) is 0 Å². The van der Waals surface area contributed by atoms with Crippen molar-refractivity contribution in [1.29, 1.82) is 0 Å². The Balaban J connectivity index is 1.91. The number of fused-ring (bicyclic) bond motifs is 1. The molecule has 2 heteroatoms. The zero-order valence-electron chi connectivity index (χ0n) is 8.46. The molecule has 1 amide bonds. The first-order chi connectivity index (χ1) is 6.31. The van der Waals surface area contributed by atoms with E-state index in [1.807, 2.05) is 0 Å². The highest BCUT2D eigenvalue weighted by Crippen LogP contribution is 2.32. The summed E-state index contributed by atoms with van der Waals surface area (Å²) in [6.45, 7) is 3.29. The molecular formula is C11H19NO. The summed E-state index contributed by atoms with van der Waals surface area (Å²) in [6, 6.07) is 0.609. The minimum atomic E-state index is 0.403. The molecule has 74 valence electrons. The Bertz CT molecular complexity index is 202. The third-order valence-corrected chi connectivity index (χ3v) is 3.53. The van der Waals surface area contributed by atoms with Gasteiger partial charge >= 0.3 is 0 Å². The van der Waals surface area contributed by atoms with Crippen molar-refractivity contribution in [3.05, 3.63) is 0 Å². The molecule has 0 spiro atoms. The highest BCUT2D eigenvalue weighted by Gasteiger charge is 2.35. The maximum atomic E-state index is 11.4. The third kappa shape index (κ3) is 1.72. The van der Waals surface area contributed by atoms with Gasteiger partial charge in [-0.3, -0.25) is 4.79 Å². The monoisotopic (exact) mass is 181 g/mol. The molecule has 2 nitrogen and oxygen atoms in total. The third-order valence-electron chi connectivity index (χ3n) is 3.53. The van der Waals surface area contributed by atoms with E-state index in [2.05, 4.69) is 11.8 Å². The Kier molecular flexibility index (Phi) is 2.56. The van der Waals surface area contributed by atoms with E-state index in [4.69, 9.17) is 0 Å². The van der Waals surface area contributed by atoms with E-state index in [0.717, 1.165) is 25.3 Å². The Hall–Kier alpha value is -0.530. The standard InChI is InChI=1S/C11H19NO/c1-2-3-9-6-7-12-10(8-9)4-5-11(12)13/h9-10H,2-8H2,1H3. The van der Waals surface area contributed by atoms with Gasteiger partial charge in [-0.25, -0.2) is 0 Å². The molecular weight excluding hydrogens is 162 g/mol. The van der Waals surface area contributed by atoms with Gasteiger partial charge in [-0.1, -0.05) is 19.8 Å². The second-order valence-corrected chi connectivity index (χ2v) is 4.46. The Morgan fingerprint density at radius 3 is 3.08 bits per heavy atom. The van der Waals surface area contributed by atoms with Crippen LogP contribution in [0.1, 0.15) is 45.4 Å². The van der Waals surface area contributed by atoms with Crippen molar-refractivity contribution < 1.29 is 4.79 Å². The molecule has 2 fully saturated rings. The molecule has 2 unspecified atom stereocenters. The molecule has 0 radical (unpaired) electrons. The highest BCUT2D eigenvalue weighted by atomic mass is 16.2. The summed E-state index contributed by atoms with van der Waals surface area (Å²) in [5.74, 6) is 1.30. The van der Waals surface area contributed by atoms with Crippen LogP contribution in [-0.2, 0) is 4.79 Å². The van der Waals surface area contributed by atoms with Gasteiger partial charge in [0, 0.05) is 19.0 Å². The lowest BCUT2D eigenvalue weighted by molar-refractivity contribution is -0.130. The number of hydrogen-bond donors (Lipinski definition) is 0. The van der Waals surface area contributed by atoms with Crippen molar-refractivity contribution in [3.8, 4) is 0 Å². The molecule has 2 heterocycles. The first kappa shape index (κ1) is 9.04. The van der Waals surface area contributed by atoms with Crippen LogP contribution in [0.5, 0.6) is 0 Å². The molecule has 0 saturated carbocycles. The molecule has 0 N–H and O–H groups in total. The fraction of sp³-hybridized carbons (Fsp3) is 0.909. The van der Waals surface area contributed by atoms with Crippen molar-refractivity contribution in [2.24, 2.45) is 5.92 Å². The van der Waals surface area contributed by atoms with Gasteiger partial charge in [-0.05, 0) is 25.2 Å². The Morgan fingerprint density at radius 1 is 1.46 bits per heavy atom. The number of nitrogens with zero attached hydrogens (tertiary/aromatic N) is 1. The minimum Gasteiger partial charge on any atom is -0.340 e. The van der Waals surface area contributed by atoms with Crippen LogP contribution in [0.3, 0.4) is 0 Å². The van der Waals surface area contributed by atoms with E-state index in [-0.39, 0.29) is 0 Å². The summed E-state index contributed by atoms with van der Waals surface area (Å²) in [5, 5.41) is 0. The lowest BCUT2D eigenvalue weighted by atomic mass is 9.88. The normalized spacial score (nSPS) is 33.6. The first-order valence-corrected chi connectivity index (χ1v) is 5.60. The summed E-state index contributed by atoms with van der Waals surface area (Å²) in [7, 11) is 0. The Labute approximate surface area is 80.3 Å². The van der Waals surface area contributed by atoms with Crippen LogP contribution in [0.2, 0.25) is 0 Å². The lowest BCUT2D eigenvalue weighted by Gasteiger charge is -2.34. The largest absolute Gasteiger partial charge is 0.340 e. The van der Waals surface area contributed by atoms with Gasteiger partial charge in [0.15, 0.2) is 0 Å². The molecule has 0 aromatic rings. The van der Waals surface area contributed by atoms with Crippen molar-refractivity contribution in [2.75, 3.05) is 6.54 Å². The summed E-state index contributed by atoms with van der Waals surface area (Å²) in [6.07, 6.45) is 7.11. The molecule has 2 aliphatic heterocycles. The van der Waals surface area contributed by atoms with Crippen LogP contribution in [-0.4, -0.2) is 23.4 Å². The van der Waals surface area contributed by atoms with Crippen LogP contribution < -0.4 is 0 Å². The predicted octanol–water partition coefficient (Wildman–Crippen LogP) is 2.19. The van der Waals surface area contributed by atoms with E-state index >= 15 is 0 Å².